The van der Waals surface area contributed by atoms with Crippen LogP contribution in [0.4, 0.5) is 4.39 Å². The summed E-state index contributed by atoms with van der Waals surface area (Å²) in [6.07, 6.45) is 5.61. The van der Waals surface area contributed by atoms with E-state index in [1.54, 1.807) is 4.90 Å². The van der Waals surface area contributed by atoms with Gasteiger partial charge in [0.25, 0.3) is 11.8 Å². The predicted octanol–water partition coefficient (Wildman–Crippen LogP) is 3.16. The number of nitrogens with one attached hydrogen (secondary N) is 1. The molecule has 7 nitrogen and oxygen atoms in total. The summed E-state index contributed by atoms with van der Waals surface area (Å²) in [6, 6.07) is 8.46. The molecule has 3 fully saturated rings. The number of amides is 3. The molecule has 3 aliphatic rings. The van der Waals surface area contributed by atoms with Crippen LogP contribution >= 0.6 is 11.3 Å². The largest absolute Gasteiger partial charge is 0.352 e. The van der Waals surface area contributed by atoms with Crippen LogP contribution in [-0.2, 0) is 4.79 Å². The minimum atomic E-state index is -0.689. The Morgan fingerprint density at radius 2 is 1.71 bits per heavy atom. The van der Waals surface area contributed by atoms with Crippen molar-refractivity contribution in [2.24, 2.45) is 5.73 Å². The molecular weight excluding hydrogens is 467 g/mol. The molecule has 2 atom stereocenters. The fourth-order valence-corrected chi connectivity index (χ4v) is 5.98. The van der Waals surface area contributed by atoms with Crippen LogP contribution in [-0.4, -0.2) is 64.3 Å². The maximum absolute atomic E-state index is 13.5. The first-order chi connectivity index (χ1) is 16.9. The van der Waals surface area contributed by atoms with E-state index in [0.29, 0.717) is 16.9 Å². The van der Waals surface area contributed by atoms with Crippen molar-refractivity contribution >= 4 is 29.1 Å². The number of nitrogens with two attached hydrogens (primary N) is 1. The lowest BCUT2D eigenvalue weighted by atomic mass is 9.91. The van der Waals surface area contributed by atoms with Crippen molar-refractivity contribution in [1.29, 1.82) is 0 Å². The topological polar surface area (TPSA) is 95.7 Å². The maximum atomic E-state index is 13.5. The quantitative estimate of drug-likeness (QED) is 0.640. The molecule has 9 heteroatoms. The second kappa shape index (κ2) is 10.1. The molecule has 2 unspecified atom stereocenters. The number of benzene rings is 1. The molecule has 5 rings (SSSR count). The van der Waals surface area contributed by atoms with Gasteiger partial charge in [0.1, 0.15) is 11.9 Å². The van der Waals surface area contributed by atoms with Crippen molar-refractivity contribution in [2.45, 2.75) is 75.2 Å². The number of rotatable bonds is 6. The van der Waals surface area contributed by atoms with E-state index in [0.717, 1.165) is 38.5 Å². The smallest absolute Gasteiger partial charge is 0.264 e. The zero-order valence-electron chi connectivity index (χ0n) is 19.6. The zero-order valence-corrected chi connectivity index (χ0v) is 20.4. The van der Waals surface area contributed by atoms with Gasteiger partial charge in [-0.25, -0.2) is 4.39 Å². The van der Waals surface area contributed by atoms with E-state index in [4.69, 9.17) is 5.73 Å². The van der Waals surface area contributed by atoms with Crippen LogP contribution in [0.15, 0.2) is 41.8 Å². The molecule has 2 saturated carbocycles. The third kappa shape index (κ3) is 5.26. The van der Waals surface area contributed by atoms with Crippen molar-refractivity contribution in [1.82, 2.24) is 15.1 Å². The Hall–Kier alpha value is -2.78. The summed E-state index contributed by atoms with van der Waals surface area (Å²) in [6.45, 7) is 0.275. The summed E-state index contributed by atoms with van der Waals surface area (Å²) in [5, 5.41) is 5.02. The number of hydrogen-bond donors (Lipinski definition) is 2. The molecule has 3 amide bonds. The van der Waals surface area contributed by atoms with Crippen molar-refractivity contribution < 1.29 is 18.8 Å². The van der Waals surface area contributed by atoms with Gasteiger partial charge < -0.3 is 20.9 Å². The highest BCUT2D eigenvalue weighted by Gasteiger charge is 2.47. The lowest BCUT2D eigenvalue weighted by molar-refractivity contribution is -0.125. The molecule has 0 bridgehead atoms. The molecule has 2 heterocycles. The normalized spacial score (nSPS) is 26.4. The Morgan fingerprint density at radius 3 is 2.34 bits per heavy atom. The number of carbonyl (C=O) groups excluding carboxylic acids is 3. The molecule has 0 spiro atoms. The number of likely N-dealkylation sites (tertiary alicyclic amines) is 1. The minimum Gasteiger partial charge on any atom is -0.352 e. The SMILES string of the molecule is NC1CCC(NC(=O)C2CC(N(C(=O)c3cccs3)C3CC3)CN2C(=O)c2ccc(F)cc2)CC1. The van der Waals surface area contributed by atoms with E-state index in [9.17, 15) is 18.8 Å². The highest BCUT2D eigenvalue weighted by Crippen LogP contribution is 2.36. The zero-order chi connectivity index (χ0) is 24.5. The fourth-order valence-electron chi connectivity index (χ4n) is 5.32. The van der Waals surface area contributed by atoms with E-state index in [-0.39, 0.29) is 48.4 Å². The highest BCUT2D eigenvalue weighted by molar-refractivity contribution is 7.12. The molecule has 1 aromatic heterocycles. The van der Waals surface area contributed by atoms with Gasteiger partial charge in [-0.15, -0.1) is 11.3 Å². The second-order valence-corrected chi connectivity index (χ2v) is 10.9. The Kier molecular flexibility index (Phi) is 6.88. The Balaban J connectivity index is 1.38. The first kappa shape index (κ1) is 23.9. The summed E-state index contributed by atoms with van der Waals surface area (Å²) in [7, 11) is 0. The predicted molar refractivity (Wildman–Crippen MR) is 132 cm³/mol. The number of halogens is 1. The van der Waals surface area contributed by atoms with Crippen LogP contribution in [0.3, 0.4) is 0 Å². The van der Waals surface area contributed by atoms with Gasteiger partial charge >= 0.3 is 0 Å². The second-order valence-electron chi connectivity index (χ2n) is 9.91. The lowest BCUT2D eigenvalue weighted by Crippen LogP contribution is -2.50. The maximum Gasteiger partial charge on any atom is 0.264 e. The monoisotopic (exact) mass is 498 g/mol. The van der Waals surface area contributed by atoms with Crippen LogP contribution in [0.1, 0.15) is 65.0 Å². The van der Waals surface area contributed by atoms with E-state index in [2.05, 4.69) is 5.32 Å². The standard InChI is InChI=1S/C26H31FN4O3S/c27-17-5-3-16(4-6-17)25(33)30-15-21(31(20-11-12-20)26(34)23-2-1-13-35-23)14-22(30)24(32)29-19-9-7-18(28)8-10-19/h1-6,13,18-22H,7-12,14-15,28H2,(H,29,32). The van der Waals surface area contributed by atoms with Gasteiger partial charge in [-0.05, 0) is 80.7 Å². The van der Waals surface area contributed by atoms with E-state index in [1.807, 2.05) is 22.4 Å². The van der Waals surface area contributed by atoms with Crippen LogP contribution in [0.5, 0.6) is 0 Å². The highest BCUT2D eigenvalue weighted by atomic mass is 32.1. The Bertz CT molecular complexity index is 1060. The van der Waals surface area contributed by atoms with Crippen molar-refractivity contribution in [3.63, 3.8) is 0 Å². The average Bonchev–Trinajstić information content (AvgIpc) is 3.34. The Morgan fingerprint density at radius 1 is 1.00 bits per heavy atom. The first-order valence-electron chi connectivity index (χ1n) is 12.4. The molecule has 35 heavy (non-hydrogen) atoms. The molecular formula is C26H31FN4O3S. The molecule has 1 saturated heterocycles. The molecule has 2 aromatic rings. The summed E-state index contributed by atoms with van der Waals surface area (Å²) >= 11 is 1.40. The lowest BCUT2D eigenvalue weighted by Gasteiger charge is -2.30. The number of nitrogens with zero attached hydrogens (tertiary/aromatic N) is 2. The summed E-state index contributed by atoms with van der Waals surface area (Å²) in [4.78, 5) is 44.4. The third-order valence-electron chi connectivity index (χ3n) is 7.35. The summed E-state index contributed by atoms with van der Waals surface area (Å²) in [5.41, 5.74) is 6.34. The van der Waals surface area contributed by atoms with E-state index >= 15 is 0 Å². The number of carbonyl (C=O) groups is 3. The van der Waals surface area contributed by atoms with Gasteiger partial charge in [0.2, 0.25) is 5.91 Å². The molecule has 186 valence electrons. The van der Waals surface area contributed by atoms with Gasteiger partial charge in [-0.3, -0.25) is 14.4 Å². The van der Waals surface area contributed by atoms with E-state index in [1.165, 1.54) is 35.6 Å². The van der Waals surface area contributed by atoms with Gasteiger partial charge in [0.15, 0.2) is 0 Å². The van der Waals surface area contributed by atoms with Crippen LogP contribution in [0.2, 0.25) is 0 Å². The summed E-state index contributed by atoms with van der Waals surface area (Å²) < 4.78 is 13.5. The van der Waals surface area contributed by atoms with Crippen LogP contribution < -0.4 is 11.1 Å². The minimum absolute atomic E-state index is 0.0380. The van der Waals surface area contributed by atoms with Crippen molar-refractivity contribution in [3.05, 3.63) is 58.0 Å². The average molecular weight is 499 g/mol. The molecule has 3 N–H and O–H groups in total. The third-order valence-corrected chi connectivity index (χ3v) is 8.21. The van der Waals surface area contributed by atoms with Gasteiger partial charge in [0.05, 0.1) is 10.9 Å². The summed E-state index contributed by atoms with van der Waals surface area (Å²) in [5.74, 6) is -0.975. The fraction of sp³-hybridized carbons (Fsp3) is 0.500. The molecule has 0 radical (unpaired) electrons. The molecule has 1 aromatic carbocycles. The van der Waals surface area contributed by atoms with Crippen molar-refractivity contribution in [2.75, 3.05) is 6.54 Å². The van der Waals surface area contributed by atoms with Crippen molar-refractivity contribution in [3.8, 4) is 0 Å². The van der Waals surface area contributed by atoms with E-state index < -0.39 is 11.9 Å². The first-order valence-corrected chi connectivity index (χ1v) is 13.3. The van der Waals surface area contributed by atoms with Gasteiger partial charge in [-0.1, -0.05) is 6.07 Å². The molecule has 2 aliphatic carbocycles. The van der Waals surface area contributed by atoms with Crippen LogP contribution in [0, 0.1) is 5.82 Å². The Labute approximate surface area is 208 Å². The number of thiophene rings is 1. The van der Waals surface area contributed by atoms with Gasteiger partial charge in [0, 0.05) is 30.2 Å². The van der Waals surface area contributed by atoms with Gasteiger partial charge in [-0.2, -0.15) is 0 Å². The molecule has 1 aliphatic heterocycles. The number of hydrogen-bond acceptors (Lipinski definition) is 5. The van der Waals surface area contributed by atoms with Crippen LogP contribution in [0.25, 0.3) is 0 Å².